The monoisotopic (exact) mass is 507 g/mol. The van der Waals surface area contributed by atoms with E-state index in [9.17, 15) is 22.8 Å². The van der Waals surface area contributed by atoms with Crippen molar-refractivity contribution in [2.75, 3.05) is 10.6 Å². The van der Waals surface area contributed by atoms with E-state index in [-0.39, 0.29) is 16.3 Å². The number of nitrogens with zero attached hydrogens (tertiary/aromatic N) is 1. The summed E-state index contributed by atoms with van der Waals surface area (Å²) in [6, 6.07) is 14.6. The van der Waals surface area contributed by atoms with Crippen LogP contribution in [0.5, 0.6) is 5.75 Å². The second kappa shape index (κ2) is 9.85. The number of carbonyl (C=O) groups is 1. The predicted molar refractivity (Wildman–Crippen MR) is 139 cm³/mol. The van der Waals surface area contributed by atoms with Gasteiger partial charge >= 0.3 is 6.36 Å². The van der Waals surface area contributed by atoms with E-state index in [4.69, 9.17) is 0 Å². The molecule has 0 saturated heterocycles. The average molecular weight is 508 g/mol. The molecule has 0 atom stereocenters. The number of aryl methyl sites for hydroxylation is 3. The number of nitrogens with one attached hydrogen (secondary N) is 2. The van der Waals surface area contributed by atoms with E-state index in [2.05, 4.69) is 21.9 Å². The molecule has 0 bridgehead atoms. The standard InChI is InChI=1S/C28H24F3N3O3/c1-5-25(35)32-18-9-12-24(33-26-16(2)7-6-8-17(26)3)22(13-18)23-15-34(4)27(36)20-11-10-19(14-21(20)23)37-28(29,30)31/h5-15,33H,1H2,2-4H3,(H,32,35). The molecular formula is C28H24F3N3O3. The highest BCUT2D eigenvalue weighted by Crippen LogP contribution is 2.39. The first-order valence-electron chi connectivity index (χ1n) is 11.3. The molecule has 0 aliphatic carbocycles. The lowest BCUT2D eigenvalue weighted by molar-refractivity contribution is -0.274. The Morgan fingerprint density at radius 2 is 1.70 bits per heavy atom. The number of pyridine rings is 1. The minimum Gasteiger partial charge on any atom is -0.406 e. The highest BCUT2D eigenvalue weighted by Gasteiger charge is 2.31. The first-order chi connectivity index (χ1) is 17.5. The lowest BCUT2D eigenvalue weighted by Crippen LogP contribution is -2.19. The molecule has 0 radical (unpaired) electrons. The van der Waals surface area contributed by atoms with Gasteiger partial charge < -0.3 is 19.9 Å². The third kappa shape index (κ3) is 5.50. The maximum absolute atomic E-state index is 13.0. The molecule has 0 fully saturated rings. The number of hydrogen-bond acceptors (Lipinski definition) is 4. The van der Waals surface area contributed by atoms with Gasteiger partial charge in [0.15, 0.2) is 0 Å². The van der Waals surface area contributed by atoms with E-state index in [0.29, 0.717) is 22.5 Å². The van der Waals surface area contributed by atoms with Crippen molar-refractivity contribution >= 4 is 33.7 Å². The lowest BCUT2D eigenvalue weighted by Gasteiger charge is -2.19. The van der Waals surface area contributed by atoms with E-state index >= 15 is 0 Å². The third-order valence-electron chi connectivity index (χ3n) is 5.89. The third-order valence-corrected chi connectivity index (χ3v) is 5.89. The van der Waals surface area contributed by atoms with Crippen LogP contribution in [0.25, 0.3) is 21.9 Å². The van der Waals surface area contributed by atoms with E-state index in [0.717, 1.165) is 29.0 Å². The summed E-state index contributed by atoms with van der Waals surface area (Å²) in [4.78, 5) is 24.8. The smallest absolute Gasteiger partial charge is 0.406 e. The van der Waals surface area contributed by atoms with E-state index < -0.39 is 18.0 Å². The van der Waals surface area contributed by atoms with Crippen molar-refractivity contribution in [3.8, 4) is 16.9 Å². The Morgan fingerprint density at radius 3 is 2.35 bits per heavy atom. The van der Waals surface area contributed by atoms with Crippen LogP contribution in [0.1, 0.15) is 11.1 Å². The Morgan fingerprint density at radius 1 is 1.00 bits per heavy atom. The molecule has 4 rings (SSSR count). The molecule has 0 unspecified atom stereocenters. The van der Waals surface area contributed by atoms with E-state index in [1.165, 1.54) is 16.7 Å². The topological polar surface area (TPSA) is 72.4 Å². The average Bonchev–Trinajstić information content (AvgIpc) is 2.83. The molecule has 1 aromatic heterocycles. The molecule has 0 saturated carbocycles. The van der Waals surface area contributed by atoms with Gasteiger partial charge in [0.25, 0.3) is 5.56 Å². The van der Waals surface area contributed by atoms with Crippen molar-refractivity contribution in [2.24, 2.45) is 7.05 Å². The number of aromatic nitrogens is 1. The highest BCUT2D eigenvalue weighted by molar-refractivity contribution is 6.03. The number of ether oxygens (including phenoxy) is 1. The van der Waals surface area contributed by atoms with Crippen LogP contribution in [0.4, 0.5) is 30.2 Å². The van der Waals surface area contributed by atoms with Crippen molar-refractivity contribution in [3.63, 3.8) is 0 Å². The number of para-hydroxylation sites is 1. The molecular weight excluding hydrogens is 483 g/mol. The number of carbonyl (C=O) groups excluding carboxylic acids is 1. The molecule has 3 aromatic carbocycles. The van der Waals surface area contributed by atoms with Gasteiger partial charge in [0.05, 0.1) is 0 Å². The Bertz CT molecular complexity index is 1570. The molecule has 1 heterocycles. The van der Waals surface area contributed by atoms with Crippen molar-refractivity contribution in [1.29, 1.82) is 0 Å². The maximum Gasteiger partial charge on any atom is 0.573 e. The number of hydrogen-bond donors (Lipinski definition) is 2. The molecule has 6 nitrogen and oxygen atoms in total. The molecule has 0 aliphatic rings. The van der Waals surface area contributed by atoms with Crippen LogP contribution >= 0.6 is 0 Å². The Balaban J connectivity index is 1.99. The summed E-state index contributed by atoms with van der Waals surface area (Å²) >= 11 is 0. The molecule has 2 N–H and O–H groups in total. The van der Waals surface area contributed by atoms with Gasteiger partial charge in [0, 0.05) is 52.2 Å². The summed E-state index contributed by atoms with van der Waals surface area (Å²) in [5.74, 6) is -0.873. The lowest BCUT2D eigenvalue weighted by atomic mass is 9.97. The van der Waals surface area contributed by atoms with Crippen molar-refractivity contribution in [2.45, 2.75) is 20.2 Å². The van der Waals surface area contributed by atoms with Crippen molar-refractivity contribution in [3.05, 3.63) is 94.9 Å². The maximum atomic E-state index is 13.0. The SMILES string of the molecule is C=CC(=O)Nc1ccc(Nc2c(C)cccc2C)c(-c2cn(C)c(=O)c3ccc(OC(F)(F)F)cc23)c1. The van der Waals surface area contributed by atoms with E-state index in [1.807, 2.05) is 32.0 Å². The minimum absolute atomic E-state index is 0.216. The number of benzene rings is 3. The summed E-state index contributed by atoms with van der Waals surface area (Å²) < 4.78 is 44.3. The zero-order chi connectivity index (χ0) is 26.9. The summed E-state index contributed by atoms with van der Waals surface area (Å²) in [7, 11) is 1.56. The van der Waals surface area contributed by atoms with Gasteiger partial charge in [0.2, 0.25) is 5.91 Å². The summed E-state index contributed by atoms with van der Waals surface area (Å²) in [6.07, 6.45) is -2.21. The number of fused-ring (bicyclic) bond motifs is 1. The van der Waals surface area contributed by atoms with Crippen molar-refractivity contribution < 1.29 is 22.7 Å². The largest absolute Gasteiger partial charge is 0.573 e. The number of halogens is 3. The first-order valence-corrected chi connectivity index (χ1v) is 11.3. The summed E-state index contributed by atoms with van der Waals surface area (Å²) in [5.41, 5.74) is 4.54. The molecule has 1 amide bonds. The van der Waals surface area contributed by atoms with Crippen LogP contribution in [-0.4, -0.2) is 16.8 Å². The minimum atomic E-state index is -4.89. The Hall–Kier alpha value is -4.53. The van der Waals surface area contributed by atoms with Gasteiger partial charge in [-0.1, -0.05) is 24.8 Å². The van der Waals surface area contributed by atoms with Crippen LogP contribution in [0.2, 0.25) is 0 Å². The fourth-order valence-corrected chi connectivity index (χ4v) is 4.15. The van der Waals surface area contributed by atoms with Gasteiger partial charge in [0.1, 0.15) is 5.75 Å². The van der Waals surface area contributed by atoms with Crippen LogP contribution in [0.15, 0.2) is 78.2 Å². The molecule has 0 spiro atoms. The van der Waals surface area contributed by atoms with Crippen molar-refractivity contribution in [1.82, 2.24) is 4.57 Å². The molecule has 37 heavy (non-hydrogen) atoms. The second-order valence-electron chi connectivity index (χ2n) is 8.56. The van der Waals surface area contributed by atoms with Gasteiger partial charge in [-0.2, -0.15) is 0 Å². The number of rotatable bonds is 6. The number of amides is 1. The molecule has 4 aromatic rings. The second-order valence-corrected chi connectivity index (χ2v) is 8.56. The van der Waals surface area contributed by atoms with Gasteiger partial charge in [-0.05, 0) is 67.4 Å². The zero-order valence-electron chi connectivity index (χ0n) is 20.4. The Kier molecular flexibility index (Phi) is 6.80. The normalized spacial score (nSPS) is 11.3. The predicted octanol–water partition coefficient (Wildman–Crippen LogP) is 6.59. The zero-order valence-corrected chi connectivity index (χ0v) is 20.4. The first kappa shape index (κ1) is 25.6. The molecule has 9 heteroatoms. The van der Waals surface area contributed by atoms with Crippen LogP contribution in [0.3, 0.4) is 0 Å². The summed E-state index contributed by atoms with van der Waals surface area (Å²) in [5, 5.41) is 6.61. The number of anilines is 3. The fourth-order valence-electron chi connectivity index (χ4n) is 4.15. The highest BCUT2D eigenvalue weighted by atomic mass is 19.4. The van der Waals surface area contributed by atoms with Crippen LogP contribution in [0, 0.1) is 13.8 Å². The number of alkyl halides is 3. The van der Waals surface area contributed by atoms with Crippen LogP contribution in [-0.2, 0) is 11.8 Å². The van der Waals surface area contributed by atoms with E-state index in [1.54, 1.807) is 31.4 Å². The fraction of sp³-hybridized carbons (Fsp3) is 0.143. The quantitative estimate of drug-likeness (QED) is 0.289. The van der Waals surface area contributed by atoms with Gasteiger partial charge in [-0.15, -0.1) is 13.2 Å². The summed E-state index contributed by atoms with van der Waals surface area (Å²) in [6.45, 7) is 7.37. The molecule has 190 valence electrons. The van der Waals surface area contributed by atoms with Crippen LogP contribution < -0.4 is 20.9 Å². The van der Waals surface area contributed by atoms with Gasteiger partial charge in [-0.3, -0.25) is 9.59 Å². The Labute approximate surface area is 211 Å². The molecule has 0 aliphatic heterocycles. The van der Waals surface area contributed by atoms with Gasteiger partial charge in [-0.25, -0.2) is 0 Å².